The van der Waals surface area contributed by atoms with Crippen molar-refractivity contribution in [2.24, 2.45) is 5.92 Å². The van der Waals surface area contributed by atoms with Crippen molar-refractivity contribution in [2.45, 2.75) is 39.7 Å². The smallest absolute Gasteiger partial charge is 0.410 e. The van der Waals surface area contributed by atoms with Gasteiger partial charge in [-0.1, -0.05) is 25.1 Å². The SMILES string of the molecule is CC(CCN(C)C(=O)OC(C)(C)C)C(=O)Oc1ccccc1. The predicted octanol–water partition coefficient (Wildman–Crippen LogP) is 3.49. The Labute approximate surface area is 132 Å². The standard InChI is InChI=1S/C17H25NO4/c1-13(15(19)21-14-9-7-6-8-10-14)11-12-18(5)16(20)22-17(2,3)4/h6-10,13H,11-12H2,1-5H3. The average Bonchev–Trinajstić information content (AvgIpc) is 2.43. The van der Waals surface area contributed by atoms with Crippen LogP contribution in [0.2, 0.25) is 0 Å². The van der Waals surface area contributed by atoms with Gasteiger partial charge in [0, 0.05) is 13.6 Å². The second-order valence-electron chi connectivity index (χ2n) is 6.33. The molecule has 0 spiro atoms. The Morgan fingerprint density at radius 1 is 1.18 bits per heavy atom. The van der Waals surface area contributed by atoms with Crippen molar-refractivity contribution in [1.29, 1.82) is 0 Å². The highest BCUT2D eigenvalue weighted by atomic mass is 16.6. The van der Waals surface area contributed by atoms with E-state index in [1.165, 1.54) is 4.90 Å². The Kier molecular flexibility index (Phi) is 6.40. The molecule has 0 heterocycles. The molecule has 0 aromatic heterocycles. The Bertz CT molecular complexity index is 493. The fourth-order valence-corrected chi connectivity index (χ4v) is 1.64. The molecule has 0 aliphatic heterocycles. The molecule has 1 atom stereocenters. The highest BCUT2D eigenvalue weighted by Crippen LogP contribution is 2.14. The topological polar surface area (TPSA) is 55.8 Å². The van der Waals surface area contributed by atoms with Crippen LogP contribution in [0, 0.1) is 5.92 Å². The number of para-hydroxylation sites is 1. The molecule has 5 heteroatoms. The Morgan fingerprint density at radius 3 is 2.32 bits per heavy atom. The van der Waals surface area contributed by atoms with Crippen LogP contribution in [0.1, 0.15) is 34.1 Å². The summed E-state index contributed by atoms with van der Waals surface area (Å²) in [4.78, 5) is 25.3. The van der Waals surface area contributed by atoms with Gasteiger partial charge in [0.25, 0.3) is 0 Å². The van der Waals surface area contributed by atoms with Crippen LogP contribution < -0.4 is 4.74 Å². The normalized spacial score (nSPS) is 12.4. The van der Waals surface area contributed by atoms with Gasteiger partial charge in [0.2, 0.25) is 0 Å². The third-order valence-corrected chi connectivity index (χ3v) is 2.97. The van der Waals surface area contributed by atoms with Crippen LogP contribution in [0.4, 0.5) is 4.79 Å². The summed E-state index contributed by atoms with van der Waals surface area (Å²) in [5.74, 6) is -0.0753. The Balaban J connectivity index is 2.40. The summed E-state index contributed by atoms with van der Waals surface area (Å²) in [6, 6.07) is 8.94. The van der Waals surface area contributed by atoms with Crippen molar-refractivity contribution in [3.8, 4) is 5.75 Å². The number of hydrogen-bond donors (Lipinski definition) is 0. The zero-order valence-electron chi connectivity index (χ0n) is 14.0. The molecule has 1 rings (SSSR count). The number of benzene rings is 1. The second kappa shape index (κ2) is 7.82. The van der Waals surface area contributed by atoms with Crippen LogP contribution in [0.15, 0.2) is 30.3 Å². The number of ether oxygens (including phenoxy) is 2. The first-order chi connectivity index (χ1) is 10.2. The molecule has 1 aromatic rings. The first kappa shape index (κ1) is 18.0. The van der Waals surface area contributed by atoms with E-state index in [0.717, 1.165) is 0 Å². The van der Waals surface area contributed by atoms with Gasteiger partial charge in [0.15, 0.2) is 0 Å². The van der Waals surface area contributed by atoms with Crippen LogP contribution >= 0.6 is 0 Å². The summed E-state index contributed by atoms with van der Waals surface area (Å²) in [6.45, 7) is 7.67. The molecule has 1 unspecified atom stereocenters. The van der Waals surface area contributed by atoms with Crippen molar-refractivity contribution in [3.05, 3.63) is 30.3 Å². The summed E-state index contributed by atoms with van der Waals surface area (Å²) in [7, 11) is 1.66. The number of carbonyl (C=O) groups is 2. The van der Waals surface area contributed by atoms with Gasteiger partial charge >= 0.3 is 12.1 Å². The molecule has 1 aromatic carbocycles. The molecule has 1 amide bonds. The molecule has 22 heavy (non-hydrogen) atoms. The van der Waals surface area contributed by atoms with Gasteiger partial charge in [-0.2, -0.15) is 0 Å². The Hall–Kier alpha value is -2.04. The van der Waals surface area contributed by atoms with Gasteiger partial charge in [0.05, 0.1) is 5.92 Å². The number of nitrogens with zero attached hydrogens (tertiary/aromatic N) is 1. The van der Waals surface area contributed by atoms with Gasteiger partial charge < -0.3 is 14.4 Å². The molecule has 0 fully saturated rings. The number of rotatable bonds is 5. The molecule has 0 aliphatic carbocycles. The quantitative estimate of drug-likeness (QED) is 0.617. The molecular weight excluding hydrogens is 282 g/mol. The number of hydrogen-bond acceptors (Lipinski definition) is 4. The van der Waals surface area contributed by atoms with Crippen molar-refractivity contribution in [1.82, 2.24) is 4.90 Å². The molecule has 122 valence electrons. The summed E-state index contributed by atoms with van der Waals surface area (Å²) in [5, 5.41) is 0. The van der Waals surface area contributed by atoms with E-state index in [4.69, 9.17) is 9.47 Å². The molecular formula is C17H25NO4. The summed E-state index contributed by atoms with van der Waals surface area (Å²) < 4.78 is 10.5. The fourth-order valence-electron chi connectivity index (χ4n) is 1.64. The fraction of sp³-hybridized carbons (Fsp3) is 0.529. The molecule has 0 aliphatic rings. The molecule has 0 radical (unpaired) electrons. The second-order valence-corrected chi connectivity index (χ2v) is 6.33. The van der Waals surface area contributed by atoms with E-state index >= 15 is 0 Å². The largest absolute Gasteiger partial charge is 0.444 e. The van der Waals surface area contributed by atoms with Crippen molar-refractivity contribution in [3.63, 3.8) is 0 Å². The molecule has 0 saturated carbocycles. The average molecular weight is 307 g/mol. The minimum atomic E-state index is -0.525. The van der Waals surface area contributed by atoms with Crippen molar-refractivity contribution in [2.75, 3.05) is 13.6 Å². The first-order valence-corrected chi connectivity index (χ1v) is 7.40. The third kappa shape index (κ3) is 6.61. The van der Waals surface area contributed by atoms with Crippen molar-refractivity contribution < 1.29 is 19.1 Å². The van der Waals surface area contributed by atoms with Crippen LogP contribution in [-0.2, 0) is 9.53 Å². The van der Waals surface area contributed by atoms with Gasteiger partial charge in [-0.25, -0.2) is 4.79 Å². The molecule has 0 saturated heterocycles. The van der Waals surface area contributed by atoms with Crippen LogP contribution in [0.25, 0.3) is 0 Å². The van der Waals surface area contributed by atoms with Crippen molar-refractivity contribution >= 4 is 12.1 Å². The zero-order valence-corrected chi connectivity index (χ0v) is 14.0. The van der Waals surface area contributed by atoms with Gasteiger partial charge in [0.1, 0.15) is 11.4 Å². The molecule has 0 N–H and O–H groups in total. The van der Waals surface area contributed by atoms with E-state index in [0.29, 0.717) is 18.7 Å². The molecule has 5 nitrogen and oxygen atoms in total. The van der Waals surface area contributed by atoms with Gasteiger partial charge in [-0.3, -0.25) is 4.79 Å². The van der Waals surface area contributed by atoms with E-state index in [-0.39, 0.29) is 11.9 Å². The lowest BCUT2D eigenvalue weighted by molar-refractivity contribution is -0.138. The maximum atomic E-state index is 12.0. The van der Waals surface area contributed by atoms with Gasteiger partial charge in [-0.15, -0.1) is 0 Å². The third-order valence-electron chi connectivity index (χ3n) is 2.97. The maximum Gasteiger partial charge on any atom is 0.410 e. The summed E-state index contributed by atoms with van der Waals surface area (Å²) in [6.07, 6.45) is 0.123. The van der Waals surface area contributed by atoms with Crippen LogP contribution in [0.5, 0.6) is 5.75 Å². The van der Waals surface area contributed by atoms with Crippen LogP contribution in [0.3, 0.4) is 0 Å². The first-order valence-electron chi connectivity index (χ1n) is 7.40. The minimum absolute atomic E-state index is 0.301. The summed E-state index contributed by atoms with van der Waals surface area (Å²) >= 11 is 0. The van der Waals surface area contributed by atoms with E-state index < -0.39 is 11.7 Å². The number of amides is 1. The summed E-state index contributed by atoms with van der Waals surface area (Å²) in [5.41, 5.74) is -0.525. The lowest BCUT2D eigenvalue weighted by Gasteiger charge is -2.25. The van der Waals surface area contributed by atoms with Crippen LogP contribution in [-0.4, -0.2) is 36.2 Å². The monoisotopic (exact) mass is 307 g/mol. The molecule has 0 bridgehead atoms. The highest BCUT2D eigenvalue weighted by molar-refractivity contribution is 5.74. The zero-order chi connectivity index (χ0) is 16.8. The minimum Gasteiger partial charge on any atom is -0.444 e. The lowest BCUT2D eigenvalue weighted by atomic mass is 10.1. The van der Waals surface area contributed by atoms with E-state index in [1.54, 1.807) is 26.1 Å². The van der Waals surface area contributed by atoms with E-state index in [9.17, 15) is 9.59 Å². The Morgan fingerprint density at radius 2 is 1.77 bits per heavy atom. The van der Waals surface area contributed by atoms with Gasteiger partial charge in [-0.05, 0) is 39.3 Å². The number of esters is 1. The highest BCUT2D eigenvalue weighted by Gasteiger charge is 2.21. The lowest BCUT2D eigenvalue weighted by Crippen LogP contribution is -2.35. The number of carbonyl (C=O) groups excluding carboxylic acids is 2. The predicted molar refractivity (Wildman–Crippen MR) is 84.7 cm³/mol. The van der Waals surface area contributed by atoms with E-state index in [2.05, 4.69) is 0 Å². The maximum absolute atomic E-state index is 12.0. The van der Waals surface area contributed by atoms with E-state index in [1.807, 2.05) is 39.0 Å².